The van der Waals surface area contributed by atoms with Gasteiger partial charge in [0.05, 0.1) is 0 Å². The molecule has 3 heteroatoms. The predicted molar refractivity (Wildman–Crippen MR) is 58.6 cm³/mol. The summed E-state index contributed by atoms with van der Waals surface area (Å²) >= 11 is 0. The molecule has 0 aromatic carbocycles. The number of hydrogen-bond donors (Lipinski definition) is 1. The molecule has 2 rings (SSSR count). The first-order valence-electron chi connectivity index (χ1n) is 6.25. The number of rotatable bonds is 4. The van der Waals surface area contributed by atoms with Crippen LogP contribution in [0.25, 0.3) is 0 Å². The van der Waals surface area contributed by atoms with Crippen LogP contribution < -0.4 is 5.32 Å². The van der Waals surface area contributed by atoms with Crippen LogP contribution >= 0.6 is 0 Å². The van der Waals surface area contributed by atoms with Gasteiger partial charge in [0.15, 0.2) is 0 Å². The van der Waals surface area contributed by atoms with Crippen molar-refractivity contribution in [2.75, 3.05) is 13.1 Å². The van der Waals surface area contributed by atoms with E-state index >= 15 is 0 Å². The highest BCUT2D eigenvalue weighted by Crippen LogP contribution is 2.23. The molecule has 0 radical (unpaired) electrons. The zero-order valence-corrected chi connectivity index (χ0v) is 9.34. The van der Waals surface area contributed by atoms with Crippen LogP contribution in [0.1, 0.15) is 44.9 Å². The molecular formula is C12H21NO2. The smallest absolute Gasteiger partial charge is 0.306 e. The van der Waals surface area contributed by atoms with Crippen molar-refractivity contribution in [2.24, 2.45) is 5.92 Å². The molecule has 0 aromatic heterocycles. The summed E-state index contributed by atoms with van der Waals surface area (Å²) in [5.74, 6) is 0.762. The maximum Gasteiger partial charge on any atom is 0.306 e. The second-order valence-corrected chi connectivity index (χ2v) is 4.77. The fraction of sp³-hybridized carbons (Fsp3) is 0.917. The average molecular weight is 211 g/mol. The van der Waals surface area contributed by atoms with Gasteiger partial charge in [-0.15, -0.1) is 0 Å². The fourth-order valence-electron chi connectivity index (χ4n) is 2.23. The summed E-state index contributed by atoms with van der Waals surface area (Å²) in [6, 6.07) is 0. The molecule has 3 nitrogen and oxygen atoms in total. The Kier molecular flexibility index (Phi) is 4.01. The van der Waals surface area contributed by atoms with Crippen LogP contribution in [-0.2, 0) is 9.53 Å². The zero-order valence-electron chi connectivity index (χ0n) is 9.34. The summed E-state index contributed by atoms with van der Waals surface area (Å²) in [7, 11) is 0. The minimum absolute atomic E-state index is 0.0261. The molecule has 2 fully saturated rings. The Labute approximate surface area is 91.6 Å². The molecular weight excluding hydrogens is 190 g/mol. The molecule has 1 heterocycles. The Morgan fingerprint density at radius 2 is 1.93 bits per heavy atom. The van der Waals surface area contributed by atoms with Gasteiger partial charge < -0.3 is 10.1 Å². The highest BCUT2D eigenvalue weighted by molar-refractivity contribution is 5.69. The van der Waals surface area contributed by atoms with E-state index < -0.39 is 0 Å². The topological polar surface area (TPSA) is 38.3 Å². The predicted octanol–water partition coefficient (Wildman–Crippen LogP) is 1.86. The van der Waals surface area contributed by atoms with Crippen LogP contribution in [0.15, 0.2) is 0 Å². The molecule has 0 unspecified atom stereocenters. The van der Waals surface area contributed by atoms with Gasteiger partial charge in [-0.3, -0.25) is 4.79 Å². The van der Waals surface area contributed by atoms with Crippen LogP contribution in [0, 0.1) is 5.92 Å². The first-order valence-corrected chi connectivity index (χ1v) is 6.25. The van der Waals surface area contributed by atoms with E-state index in [1.165, 1.54) is 19.3 Å². The second-order valence-electron chi connectivity index (χ2n) is 4.77. The lowest BCUT2D eigenvalue weighted by Gasteiger charge is -2.26. The molecule has 1 N–H and O–H groups in total. The van der Waals surface area contributed by atoms with E-state index in [4.69, 9.17) is 4.74 Å². The van der Waals surface area contributed by atoms with E-state index in [1.807, 2.05) is 0 Å². The number of ether oxygens (including phenoxy) is 1. The SMILES string of the molecule is O=C(CCC1CCNCC1)OC1CCC1. The normalized spacial score (nSPS) is 23.5. The van der Waals surface area contributed by atoms with Gasteiger partial charge in [-0.05, 0) is 57.5 Å². The Balaban J connectivity index is 1.57. The monoisotopic (exact) mass is 211 g/mol. The summed E-state index contributed by atoms with van der Waals surface area (Å²) in [5, 5.41) is 3.34. The molecule has 0 aromatic rings. The molecule has 0 bridgehead atoms. The number of piperidine rings is 1. The molecule has 0 amide bonds. The average Bonchev–Trinajstić information content (AvgIpc) is 2.22. The minimum Gasteiger partial charge on any atom is -0.462 e. The van der Waals surface area contributed by atoms with E-state index in [0.717, 1.165) is 38.3 Å². The van der Waals surface area contributed by atoms with Gasteiger partial charge in [-0.1, -0.05) is 0 Å². The number of esters is 1. The Morgan fingerprint density at radius 3 is 2.53 bits per heavy atom. The highest BCUT2D eigenvalue weighted by Gasteiger charge is 2.22. The summed E-state index contributed by atoms with van der Waals surface area (Å²) in [5.41, 5.74) is 0. The zero-order chi connectivity index (χ0) is 10.5. The Bertz CT molecular complexity index is 208. The largest absolute Gasteiger partial charge is 0.462 e. The van der Waals surface area contributed by atoms with Crippen LogP contribution in [0.4, 0.5) is 0 Å². The van der Waals surface area contributed by atoms with Gasteiger partial charge in [0.2, 0.25) is 0 Å². The third-order valence-corrected chi connectivity index (χ3v) is 3.57. The first kappa shape index (κ1) is 10.9. The van der Waals surface area contributed by atoms with Crippen molar-refractivity contribution in [3.8, 4) is 0 Å². The van der Waals surface area contributed by atoms with Crippen molar-refractivity contribution < 1.29 is 9.53 Å². The van der Waals surface area contributed by atoms with E-state index in [2.05, 4.69) is 5.32 Å². The van der Waals surface area contributed by atoms with Gasteiger partial charge >= 0.3 is 5.97 Å². The third-order valence-electron chi connectivity index (χ3n) is 3.57. The summed E-state index contributed by atoms with van der Waals surface area (Å²) in [6.07, 6.45) is 7.73. The quantitative estimate of drug-likeness (QED) is 0.721. The van der Waals surface area contributed by atoms with E-state index in [0.29, 0.717) is 6.42 Å². The standard InChI is InChI=1S/C12H21NO2/c14-12(15-11-2-1-3-11)5-4-10-6-8-13-9-7-10/h10-11,13H,1-9H2. The van der Waals surface area contributed by atoms with Crippen LogP contribution in [0.3, 0.4) is 0 Å². The molecule has 0 spiro atoms. The molecule has 0 atom stereocenters. The third kappa shape index (κ3) is 3.49. The minimum atomic E-state index is 0.0261. The number of hydrogen-bond acceptors (Lipinski definition) is 3. The first-order chi connectivity index (χ1) is 7.34. The molecule has 1 saturated carbocycles. The number of carbonyl (C=O) groups excluding carboxylic acids is 1. The molecule has 15 heavy (non-hydrogen) atoms. The van der Waals surface area contributed by atoms with Crippen molar-refractivity contribution in [1.82, 2.24) is 5.32 Å². The Morgan fingerprint density at radius 1 is 1.20 bits per heavy atom. The second kappa shape index (κ2) is 5.50. The summed E-state index contributed by atoms with van der Waals surface area (Å²) < 4.78 is 5.32. The number of nitrogens with one attached hydrogen (secondary N) is 1. The lowest BCUT2D eigenvalue weighted by atomic mass is 9.93. The van der Waals surface area contributed by atoms with Crippen molar-refractivity contribution >= 4 is 5.97 Å². The van der Waals surface area contributed by atoms with Gasteiger partial charge in [0, 0.05) is 6.42 Å². The van der Waals surface area contributed by atoms with Crippen molar-refractivity contribution in [3.05, 3.63) is 0 Å². The van der Waals surface area contributed by atoms with Gasteiger partial charge in [0.25, 0.3) is 0 Å². The molecule has 1 aliphatic heterocycles. The molecule has 1 saturated heterocycles. The van der Waals surface area contributed by atoms with Crippen LogP contribution in [0.2, 0.25) is 0 Å². The van der Waals surface area contributed by atoms with Crippen LogP contribution in [0.5, 0.6) is 0 Å². The lowest BCUT2D eigenvalue weighted by Crippen LogP contribution is -2.29. The molecule has 1 aliphatic carbocycles. The van der Waals surface area contributed by atoms with Gasteiger partial charge in [-0.2, -0.15) is 0 Å². The fourth-order valence-corrected chi connectivity index (χ4v) is 2.23. The van der Waals surface area contributed by atoms with Crippen molar-refractivity contribution in [3.63, 3.8) is 0 Å². The van der Waals surface area contributed by atoms with Crippen molar-refractivity contribution in [1.29, 1.82) is 0 Å². The van der Waals surface area contributed by atoms with Crippen LogP contribution in [-0.4, -0.2) is 25.2 Å². The maximum atomic E-state index is 11.5. The van der Waals surface area contributed by atoms with E-state index in [-0.39, 0.29) is 12.1 Å². The van der Waals surface area contributed by atoms with Crippen molar-refractivity contribution in [2.45, 2.75) is 51.0 Å². The molecule has 86 valence electrons. The molecule has 2 aliphatic rings. The summed E-state index contributed by atoms with van der Waals surface area (Å²) in [4.78, 5) is 11.5. The Hall–Kier alpha value is -0.570. The maximum absolute atomic E-state index is 11.5. The van der Waals surface area contributed by atoms with Gasteiger partial charge in [-0.25, -0.2) is 0 Å². The lowest BCUT2D eigenvalue weighted by molar-refractivity contribution is -0.153. The highest BCUT2D eigenvalue weighted by atomic mass is 16.5. The number of carbonyl (C=O) groups is 1. The van der Waals surface area contributed by atoms with E-state index in [1.54, 1.807) is 0 Å². The van der Waals surface area contributed by atoms with Gasteiger partial charge in [0.1, 0.15) is 6.10 Å². The van der Waals surface area contributed by atoms with E-state index in [9.17, 15) is 4.79 Å². The summed E-state index contributed by atoms with van der Waals surface area (Å²) in [6.45, 7) is 2.23.